The van der Waals surface area contributed by atoms with Crippen LogP contribution in [0.5, 0.6) is 0 Å². The Balaban J connectivity index is 2.63. The predicted molar refractivity (Wildman–Crippen MR) is 89.6 cm³/mol. The number of ether oxygens (including phenoxy) is 3. The maximum Gasteiger partial charge on any atom is 0.355 e. The molecule has 0 saturated heterocycles. The van der Waals surface area contributed by atoms with E-state index in [2.05, 4.69) is 0 Å². The lowest BCUT2D eigenvalue weighted by atomic mass is 10.1. The summed E-state index contributed by atoms with van der Waals surface area (Å²) in [5, 5.41) is 0. The molecule has 1 aromatic rings. The smallest absolute Gasteiger partial charge is 0.355 e. The number of carbonyl (C=O) groups is 3. The van der Waals surface area contributed by atoms with Gasteiger partial charge in [-0.05, 0) is 30.4 Å². The van der Waals surface area contributed by atoms with Gasteiger partial charge in [0.15, 0.2) is 0 Å². The fourth-order valence-electron chi connectivity index (χ4n) is 2.27. The molecule has 25 heavy (non-hydrogen) atoms. The van der Waals surface area contributed by atoms with Crippen LogP contribution in [-0.2, 0) is 23.8 Å². The first-order chi connectivity index (χ1) is 12.0. The number of hydrogen-bond acceptors (Lipinski definition) is 7. The summed E-state index contributed by atoms with van der Waals surface area (Å²) in [4.78, 5) is 37.6. The largest absolute Gasteiger partial charge is 0.465 e. The Kier molecular flexibility index (Phi) is 5.73. The Hall–Kier alpha value is -3.35. The molecule has 0 spiro atoms. The van der Waals surface area contributed by atoms with Crippen molar-refractivity contribution in [1.29, 1.82) is 0 Å². The molecule has 130 valence electrons. The number of allylic oxidation sites excluding steroid dienone is 2. The number of hydrogen-bond donors (Lipinski definition) is 0. The van der Waals surface area contributed by atoms with Crippen LogP contribution in [0.4, 0.5) is 5.69 Å². The molecule has 1 aromatic carbocycles. The van der Waals surface area contributed by atoms with Crippen molar-refractivity contribution in [2.45, 2.75) is 0 Å². The fourth-order valence-corrected chi connectivity index (χ4v) is 2.27. The summed E-state index contributed by atoms with van der Waals surface area (Å²) in [6.45, 7) is 0. The van der Waals surface area contributed by atoms with Crippen LogP contribution in [0, 0.1) is 0 Å². The van der Waals surface area contributed by atoms with Crippen molar-refractivity contribution >= 4 is 23.6 Å². The predicted octanol–water partition coefficient (Wildman–Crippen LogP) is 1.96. The molecule has 0 amide bonds. The van der Waals surface area contributed by atoms with Crippen molar-refractivity contribution in [3.8, 4) is 0 Å². The summed E-state index contributed by atoms with van der Waals surface area (Å²) >= 11 is 0. The van der Waals surface area contributed by atoms with Gasteiger partial charge in [0.2, 0.25) is 0 Å². The molecule has 0 N–H and O–H groups in total. The summed E-state index contributed by atoms with van der Waals surface area (Å²) in [7, 11) is 3.71. The van der Waals surface area contributed by atoms with Gasteiger partial charge in [0, 0.05) is 11.9 Å². The Morgan fingerprint density at radius 3 is 2.20 bits per heavy atom. The molecule has 0 aliphatic carbocycles. The standard InChI is InChI=1S/C18H17NO6/c1-23-16(20)12-7-6-8-13(11-12)19-10-5-4-9-14(17(21)24-2)15(19)18(22)25-3/h4-11H,1-3H3. The van der Waals surface area contributed by atoms with E-state index in [9.17, 15) is 14.4 Å². The van der Waals surface area contributed by atoms with Gasteiger partial charge in [0.25, 0.3) is 0 Å². The van der Waals surface area contributed by atoms with Crippen LogP contribution in [0.3, 0.4) is 0 Å². The number of benzene rings is 1. The zero-order valence-electron chi connectivity index (χ0n) is 14.0. The minimum atomic E-state index is -0.722. The lowest BCUT2D eigenvalue weighted by Crippen LogP contribution is -2.27. The Morgan fingerprint density at radius 1 is 0.880 bits per heavy atom. The zero-order chi connectivity index (χ0) is 18.4. The highest BCUT2D eigenvalue weighted by Crippen LogP contribution is 2.27. The molecule has 0 aromatic heterocycles. The van der Waals surface area contributed by atoms with Crippen LogP contribution in [-0.4, -0.2) is 39.2 Å². The molecule has 1 aliphatic rings. The molecular formula is C18H17NO6. The van der Waals surface area contributed by atoms with E-state index in [1.165, 1.54) is 32.3 Å². The van der Waals surface area contributed by atoms with Gasteiger partial charge in [-0.1, -0.05) is 12.1 Å². The molecule has 0 fully saturated rings. The Morgan fingerprint density at radius 2 is 1.56 bits per heavy atom. The highest BCUT2D eigenvalue weighted by molar-refractivity contribution is 6.05. The maximum atomic E-state index is 12.3. The molecule has 2 rings (SSSR count). The van der Waals surface area contributed by atoms with Gasteiger partial charge >= 0.3 is 17.9 Å². The third kappa shape index (κ3) is 3.77. The lowest BCUT2D eigenvalue weighted by Gasteiger charge is -2.23. The van der Waals surface area contributed by atoms with Crippen molar-refractivity contribution in [2.75, 3.05) is 26.2 Å². The minimum Gasteiger partial charge on any atom is -0.465 e. The van der Waals surface area contributed by atoms with E-state index in [4.69, 9.17) is 14.2 Å². The Bertz CT molecular complexity index is 791. The van der Waals surface area contributed by atoms with Crippen molar-refractivity contribution in [3.63, 3.8) is 0 Å². The van der Waals surface area contributed by atoms with Gasteiger partial charge in [0.05, 0.1) is 32.5 Å². The first-order valence-corrected chi connectivity index (χ1v) is 7.26. The second kappa shape index (κ2) is 7.96. The van der Waals surface area contributed by atoms with Crippen molar-refractivity contribution < 1.29 is 28.6 Å². The molecule has 0 bridgehead atoms. The summed E-state index contributed by atoms with van der Waals surface area (Å²) in [5.41, 5.74) is 0.781. The van der Waals surface area contributed by atoms with Crippen LogP contribution in [0.1, 0.15) is 10.4 Å². The average molecular weight is 343 g/mol. The van der Waals surface area contributed by atoms with Gasteiger partial charge in [0.1, 0.15) is 5.70 Å². The van der Waals surface area contributed by atoms with Crippen molar-refractivity contribution in [1.82, 2.24) is 0 Å². The van der Waals surface area contributed by atoms with Crippen LogP contribution in [0.2, 0.25) is 0 Å². The van der Waals surface area contributed by atoms with Crippen molar-refractivity contribution in [3.05, 3.63) is 65.5 Å². The molecule has 7 heteroatoms. The maximum absolute atomic E-state index is 12.3. The number of rotatable bonds is 4. The van der Waals surface area contributed by atoms with Crippen LogP contribution < -0.4 is 4.90 Å². The van der Waals surface area contributed by atoms with E-state index in [-0.39, 0.29) is 11.3 Å². The second-order valence-corrected chi connectivity index (χ2v) is 4.86. The number of methoxy groups -OCH3 is 3. The summed E-state index contributed by atoms with van der Waals surface area (Å²) in [6, 6.07) is 6.44. The molecule has 7 nitrogen and oxygen atoms in total. The summed E-state index contributed by atoms with van der Waals surface area (Å²) in [6.07, 6.45) is 6.27. The van der Waals surface area contributed by atoms with E-state index in [0.29, 0.717) is 11.3 Å². The third-order valence-corrected chi connectivity index (χ3v) is 3.43. The Labute approximate surface area is 144 Å². The minimum absolute atomic E-state index is 0.0265. The van der Waals surface area contributed by atoms with Gasteiger partial charge in [-0.15, -0.1) is 0 Å². The quantitative estimate of drug-likeness (QED) is 0.610. The van der Waals surface area contributed by atoms with E-state index in [1.54, 1.807) is 42.6 Å². The van der Waals surface area contributed by atoms with Gasteiger partial charge in [-0.3, -0.25) is 0 Å². The number of esters is 3. The van der Waals surface area contributed by atoms with Gasteiger partial charge in [-0.2, -0.15) is 0 Å². The van der Waals surface area contributed by atoms with Crippen LogP contribution >= 0.6 is 0 Å². The molecule has 0 radical (unpaired) electrons. The summed E-state index contributed by atoms with van der Waals surface area (Å²) in [5.74, 6) is -1.93. The number of anilines is 1. The third-order valence-electron chi connectivity index (χ3n) is 3.43. The first-order valence-electron chi connectivity index (χ1n) is 7.26. The highest BCUT2D eigenvalue weighted by atomic mass is 16.5. The first kappa shape index (κ1) is 18.0. The van der Waals surface area contributed by atoms with Crippen LogP contribution in [0.25, 0.3) is 0 Å². The van der Waals surface area contributed by atoms with E-state index in [0.717, 1.165) is 0 Å². The van der Waals surface area contributed by atoms with Gasteiger partial charge < -0.3 is 19.1 Å². The molecule has 0 saturated carbocycles. The van der Waals surface area contributed by atoms with Crippen molar-refractivity contribution in [2.24, 2.45) is 0 Å². The molecule has 0 atom stereocenters. The summed E-state index contributed by atoms with van der Waals surface area (Å²) < 4.78 is 14.3. The van der Waals surface area contributed by atoms with E-state index >= 15 is 0 Å². The fraction of sp³-hybridized carbons (Fsp3) is 0.167. The lowest BCUT2D eigenvalue weighted by molar-refractivity contribution is -0.139. The van der Waals surface area contributed by atoms with Crippen LogP contribution in [0.15, 0.2) is 60.0 Å². The van der Waals surface area contributed by atoms with Gasteiger partial charge in [-0.25, -0.2) is 14.4 Å². The molecular weight excluding hydrogens is 326 g/mol. The SMILES string of the molecule is COC(=O)C1=C(C(=O)OC)N(c2cccc(C(=O)OC)c2)C=CC=C1. The molecule has 1 heterocycles. The number of carbonyl (C=O) groups excluding carboxylic acids is 3. The van der Waals surface area contributed by atoms with E-state index in [1.807, 2.05) is 0 Å². The zero-order valence-corrected chi connectivity index (χ0v) is 14.0. The topological polar surface area (TPSA) is 82.1 Å². The van der Waals surface area contributed by atoms with E-state index < -0.39 is 17.9 Å². The average Bonchev–Trinajstić information content (AvgIpc) is 2.89. The second-order valence-electron chi connectivity index (χ2n) is 4.86. The monoisotopic (exact) mass is 343 g/mol. The highest BCUT2D eigenvalue weighted by Gasteiger charge is 2.27. The molecule has 1 aliphatic heterocycles. The molecule has 0 unspecified atom stereocenters. The number of nitrogens with zero attached hydrogens (tertiary/aromatic N) is 1. The normalized spacial score (nSPS) is 13.3.